The highest BCUT2D eigenvalue weighted by Gasteiger charge is 2.15. The summed E-state index contributed by atoms with van der Waals surface area (Å²) in [6, 6.07) is 7.21. The third kappa shape index (κ3) is 3.48. The first-order chi connectivity index (χ1) is 8.10. The molecular formula is C14H21NO2. The average Bonchev–Trinajstić information content (AvgIpc) is 2.35. The number of hydrogen-bond donors (Lipinski definition) is 1. The Morgan fingerprint density at radius 2 is 2.00 bits per heavy atom. The summed E-state index contributed by atoms with van der Waals surface area (Å²) in [6.45, 7) is 8.13. The third-order valence-electron chi connectivity index (χ3n) is 3.09. The first-order valence-electron chi connectivity index (χ1n) is 6.17. The van der Waals surface area contributed by atoms with Gasteiger partial charge in [-0.15, -0.1) is 0 Å². The minimum Gasteiger partial charge on any atom is -0.478 e. The maximum Gasteiger partial charge on any atom is 0.337 e. The average molecular weight is 235 g/mol. The minimum atomic E-state index is -0.858. The Morgan fingerprint density at radius 3 is 2.53 bits per heavy atom. The second-order valence-electron chi connectivity index (χ2n) is 4.37. The smallest absolute Gasteiger partial charge is 0.337 e. The van der Waals surface area contributed by atoms with Gasteiger partial charge in [-0.3, -0.25) is 0 Å². The number of rotatable bonds is 6. The van der Waals surface area contributed by atoms with Crippen LogP contribution in [-0.2, 0) is 0 Å². The molecule has 0 radical (unpaired) electrons. The van der Waals surface area contributed by atoms with Gasteiger partial charge in [-0.2, -0.15) is 0 Å². The maximum atomic E-state index is 11.2. The van der Waals surface area contributed by atoms with Crippen LogP contribution < -0.4 is 4.90 Å². The zero-order chi connectivity index (χ0) is 12.8. The number of carboxylic acids is 1. The molecule has 1 unspecified atom stereocenters. The van der Waals surface area contributed by atoms with Crippen molar-refractivity contribution in [2.24, 2.45) is 5.92 Å². The number of carbonyl (C=O) groups is 1. The van der Waals surface area contributed by atoms with Gasteiger partial charge < -0.3 is 10.0 Å². The zero-order valence-electron chi connectivity index (χ0n) is 10.8. The van der Waals surface area contributed by atoms with Crippen molar-refractivity contribution < 1.29 is 9.90 Å². The van der Waals surface area contributed by atoms with Crippen LogP contribution in [0.25, 0.3) is 0 Å². The fourth-order valence-corrected chi connectivity index (χ4v) is 1.83. The second kappa shape index (κ2) is 6.28. The van der Waals surface area contributed by atoms with Crippen molar-refractivity contribution in [3.8, 4) is 0 Å². The van der Waals surface area contributed by atoms with Crippen LogP contribution in [0, 0.1) is 5.92 Å². The molecule has 0 aliphatic heterocycles. The third-order valence-corrected chi connectivity index (χ3v) is 3.09. The van der Waals surface area contributed by atoms with E-state index < -0.39 is 5.97 Å². The normalized spacial score (nSPS) is 12.2. The van der Waals surface area contributed by atoms with Gasteiger partial charge in [-0.05, 0) is 25.0 Å². The molecule has 3 heteroatoms. The lowest BCUT2D eigenvalue weighted by molar-refractivity contribution is 0.0697. The Kier molecular flexibility index (Phi) is 5.01. The molecule has 1 rings (SSSR count). The number of carboxylic acid groups (broad SMARTS) is 1. The SMILES string of the molecule is CCC(C)CN(CC)c1ccccc1C(=O)O. The molecule has 1 atom stereocenters. The summed E-state index contributed by atoms with van der Waals surface area (Å²) in [4.78, 5) is 13.3. The lowest BCUT2D eigenvalue weighted by Crippen LogP contribution is -2.29. The molecule has 3 nitrogen and oxygen atoms in total. The fraction of sp³-hybridized carbons (Fsp3) is 0.500. The molecule has 0 bridgehead atoms. The van der Waals surface area contributed by atoms with Crippen molar-refractivity contribution in [2.45, 2.75) is 27.2 Å². The standard InChI is InChI=1S/C14H21NO2/c1-4-11(3)10-15(5-2)13-9-7-6-8-12(13)14(16)17/h6-9,11H,4-5,10H2,1-3H3,(H,16,17). The van der Waals surface area contributed by atoms with Gasteiger partial charge in [-0.25, -0.2) is 4.79 Å². The van der Waals surface area contributed by atoms with E-state index in [9.17, 15) is 9.90 Å². The Balaban J connectivity index is 2.99. The molecule has 1 N–H and O–H groups in total. The lowest BCUT2D eigenvalue weighted by atomic mass is 10.1. The van der Waals surface area contributed by atoms with Crippen LogP contribution >= 0.6 is 0 Å². The first-order valence-corrected chi connectivity index (χ1v) is 6.17. The van der Waals surface area contributed by atoms with Gasteiger partial charge >= 0.3 is 5.97 Å². The number of aromatic carboxylic acids is 1. The molecule has 1 aromatic carbocycles. The molecule has 0 amide bonds. The summed E-state index contributed by atoms with van der Waals surface area (Å²) in [5, 5.41) is 9.17. The molecule has 0 aliphatic rings. The summed E-state index contributed by atoms with van der Waals surface area (Å²) >= 11 is 0. The highest BCUT2D eigenvalue weighted by molar-refractivity contribution is 5.94. The van der Waals surface area contributed by atoms with Gasteiger partial charge in [0.2, 0.25) is 0 Å². The summed E-state index contributed by atoms with van der Waals surface area (Å²) in [6.07, 6.45) is 1.10. The number of anilines is 1. The van der Waals surface area contributed by atoms with E-state index in [2.05, 4.69) is 25.7 Å². The Bertz CT molecular complexity index is 376. The fourth-order valence-electron chi connectivity index (χ4n) is 1.83. The molecule has 0 heterocycles. The Hall–Kier alpha value is -1.51. The van der Waals surface area contributed by atoms with E-state index >= 15 is 0 Å². The van der Waals surface area contributed by atoms with Crippen molar-refractivity contribution in [3.63, 3.8) is 0 Å². The van der Waals surface area contributed by atoms with Gasteiger partial charge in [0.1, 0.15) is 0 Å². The van der Waals surface area contributed by atoms with Gasteiger partial charge in [0.25, 0.3) is 0 Å². The van der Waals surface area contributed by atoms with Gasteiger partial charge in [0.15, 0.2) is 0 Å². The maximum absolute atomic E-state index is 11.2. The Morgan fingerprint density at radius 1 is 1.35 bits per heavy atom. The molecule has 0 fully saturated rings. The molecule has 17 heavy (non-hydrogen) atoms. The number of para-hydroxylation sites is 1. The van der Waals surface area contributed by atoms with Crippen molar-refractivity contribution >= 4 is 11.7 Å². The van der Waals surface area contributed by atoms with Crippen molar-refractivity contribution in [3.05, 3.63) is 29.8 Å². The van der Waals surface area contributed by atoms with Crippen LogP contribution in [0.5, 0.6) is 0 Å². The molecule has 0 spiro atoms. The Labute approximate surface area is 103 Å². The van der Waals surface area contributed by atoms with E-state index in [0.29, 0.717) is 11.5 Å². The summed E-state index contributed by atoms with van der Waals surface area (Å²) < 4.78 is 0. The molecule has 0 aromatic heterocycles. The second-order valence-corrected chi connectivity index (χ2v) is 4.37. The number of benzene rings is 1. The van der Waals surface area contributed by atoms with Crippen LogP contribution in [0.3, 0.4) is 0 Å². The molecule has 94 valence electrons. The van der Waals surface area contributed by atoms with Crippen molar-refractivity contribution in [1.29, 1.82) is 0 Å². The highest BCUT2D eigenvalue weighted by Crippen LogP contribution is 2.21. The molecular weight excluding hydrogens is 214 g/mol. The van der Waals surface area contributed by atoms with Crippen LogP contribution in [0.1, 0.15) is 37.6 Å². The van der Waals surface area contributed by atoms with Gasteiger partial charge in [-0.1, -0.05) is 32.4 Å². The predicted molar refractivity (Wildman–Crippen MR) is 70.7 cm³/mol. The zero-order valence-corrected chi connectivity index (χ0v) is 10.8. The van der Waals surface area contributed by atoms with E-state index in [-0.39, 0.29) is 0 Å². The van der Waals surface area contributed by atoms with E-state index in [4.69, 9.17) is 0 Å². The minimum absolute atomic E-state index is 0.387. The van der Waals surface area contributed by atoms with Gasteiger partial charge in [0, 0.05) is 13.1 Å². The molecule has 0 aliphatic carbocycles. The van der Waals surface area contributed by atoms with E-state index in [1.54, 1.807) is 12.1 Å². The predicted octanol–water partition coefficient (Wildman–Crippen LogP) is 3.26. The molecule has 0 saturated carbocycles. The quantitative estimate of drug-likeness (QED) is 0.822. The van der Waals surface area contributed by atoms with Crippen LogP contribution in [-0.4, -0.2) is 24.2 Å². The summed E-state index contributed by atoms with van der Waals surface area (Å²) in [5.74, 6) is -0.292. The lowest BCUT2D eigenvalue weighted by Gasteiger charge is -2.27. The number of hydrogen-bond acceptors (Lipinski definition) is 2. The van der Waals surface area contributed by atoms with E-state index in [1.165, 1.54) is 0 Å². The number of nitrogens with zero attached hydrogens (tertiary/aromatic N) is 1. The van der Waals surface area contributed by atoms with Gasteiger partial charge in [0.05, 0.1) is 11.3 Å². The largest absolute Gasteiger partial charge is 0.478 e. The first kappa shape index (κ1) is 13.6. The molecule has 1 aromatic rings. The van der Waals surface area contributed by atoms with Crippen LogP contribution in [0.4, 0.5) is 5.69 Å². The summed E-state index contributed by atoms with van der Waals surface area (Å²) in [5.41, 5.74) is 1.21. The van der Waals surface area contributed by atoms with Crippen molar-refractivity contribution in [2.75, 3.05) is 18.0 Å². The summed E-state index contributed by atoms with van der Waals surface area (Å²) in [7, 11) is 0. The highest BCUT2D eigenvalue weighted by atomic mass is 16.4. The van der Waals surface area contributed by atoms with E-state index in [1.807, 2.05) is 12.1 Å². The topological polar surface area (TPSA) is 40.5 Å². The van der Waals surface area contributed by atoms with Crippen molar-refractivity contribution in [1.82, 2.24) is 0 Å². The van der Waals surface area contributed by atoms with E-state index in [0.717, 1.165) is 25.2 Å². The van der Waals surface area contributed by atoms with Crippen LogP contribution in [0.2, 0.25) is 0 Å². The monoisotopic (exact) mass is 235 g/mol. The molecule has 0 saturated heterocycles. The van der Waals surface area contributed by atoms with Crippen LogP contribution in [0.15, 0.2) is 24.3 Å².